The average Bonchev–Trinajstić information content (AvgIpc) is 2.48. The SMILES string of the molecule is CN1c2nc(Cl)ncc2OCC1c1ccccc1OC(F)(F)F. The fourth-order valence-electron chi connectivity index (χ4n) is 2.40. The molecule has 0 saturated heterocycles. The van der Waals surface area contributed by atoms with E-state index in [1.54, 1.807) is 24.1 Å². The maximum atomic E-state index is 12.6. The van der Waals surface area contributed by atoms with Gasteiger partial charge in [-0.3, -0.25) is 0 Å². The van der Waals surface area contributed by atoms with Crippen LogP contribution in [0.3, 0.4) is 0 Å². The molecule has 2 heterocycles. The number of hydrogen-bond acceptors (Lipinski definition) is 5. The van der Waals surface area contributed by atoms with Gasteiger partial charge in [0, 0.05) is 12.6 Å². The molecule has 1 atom stereocenters. The first-order valence-electron chi connectivity index (χ1n) is 6.58. The second-order valence-corrected chi connectivity index (χ2v) is 5.19. The molecule has 2 aromatic rings. The first-order chi connectivity index (χ1) is 10.8. The van der Waals surface area contributed by atoms with Gasteiger partial charge in [-0.25, -0.2) is 4.98 Å². The third-order valence-corrected chi connectivity index (χ3v) is 3.59. The monoisotopic (exact) mass is 345 g/mol. The standard InChI is InChI=1S/C14H11ClF3N3O2/c1-21-9(7-22-11-6-19-13(15)20-12(11)21)8-4-2-3-5-10(8)23-14(16,17)18/h2-6,9H,7H2,1H3. The van der Waals surface area contributed by atoms with Crippen molar-refractivity contribution < 1.29 is 22.6 Å². The van der Waals surface area contributed by atoms with Crippen LogP contribution in [0.15, 0.2) is 30.5 Å². The van der Waals surface area contributed by atoms with Crippen molar-refractivity contribution in [3.8, 4) is 11.5 Å². The minimum Gasteiger partial charge on any atom is -0.486 e. The fourth-order valence-corrected chi connectivity index (χ4v) is 2.52. The Kier molecular flexibility index (Phi) is 3.93. The molecule has 0 bridgehead atoms. The molecule has 0 aliphatic carbocycles. The molecule has 0 saturated carbocycles. The number of para-hydroxylation sites is 1. The number of ether oxygens (including phenoxy) is 2. The normalized spacial score (nSPS) is 17.4. The summed E-state index contributed by atoms with van der Waals surface area (Å²) >= 11 is 5.78. The average molecular weight is 346 g/mol. The van der Waals surface area contributed by atoms with Gasteiger partial charge in [-0.2, -0.15) is 4.98 Å². The van der Waals surface area contributed by atoms with Gasteiger partial charge in [-0.1, -0.05) is 18.2 Å². The van der Waals surface area contributed by atoms with E-state index >= 15 is 0 Å². The zero-order chi connectivity index (χ0) is 16.6. The van der Waals surface area contributed by atoms with Gasteiger partial charge in [0.1, 0.15) is 12.4 Å². The highest BCUT2D eigenvalue weighted by Gasteiger charge is 2.35. The number of aromatic nitrogens is 2. The van der Waals surface area contributed by atoms with Crippen molar-refractivity contribution in [2.45, 2.75) is 12.4 Å². The molecule has 1 aliphatic rings. The van der Waals surface area contributed by atoms with Crippen molar-refractivity contribution in [3.05, 3.63) is 41.3 Å². The maximum Gasteiger partial charge on any atom is 0.573 e. The van der Waals surface area contributed by atoms with E-state index in [4.69, 9.17) is 16.3 Å². The first kappa shape index (κ1) is 15.7. The Balaban J connectivity index is 1.97. The van der Waals surface area contributed by atoms with Crippen LogP contribution in [0.1, 0.15) is 11.6 Å². The molecule has 1 aromatic heterocycles. The van der Waals surface area contributed by atoms with Gasteiger partial charge >= 0.3 is 6.36 Å². The van der Waals surface area contributed by atoms with Gasteiger partial charge in [0.2, 0.25) is 5.28 Å². The zero-order valence-corrected chi connectivity index (χ0v) is 12.6. The lowest BCUT2D eigenvalue weighted by Gasteiger charge is -2.35. The van der Waals surface area contributed by atoms with Crippen LogP contribution in [-0.2, 0) is 0 Å². The molecule has 23 heavy (non-hydrogen) atoms. The molecule has 1 unspecified atom stereocenters. The lowest BCUT2D eigenvalue weighted by molar-refractivity contribution is -0.275. The minimum absolute atomic E-state index is 0.0275. The lowest BCUT2D eigenvalue weighted by Crippen LogP contribution is -2.35. The van der Waals surface area contributed by atoms with Crippen LogP contribution in [0, 0.1) is 0 Å². The zero-order valence-electron chi connectivity index (χ0n) is 11.8. The van der Waals surface area contributed by atoms with Crippen molar-refractivity contribution in [2.24, 2.45) is 0 Å². The summed E-state index contributed by atoms with van der Waals surface area (Å²) in [6.07, 6.45) is -3.34. The molecule has 1 aliphatic heterocycles. The molecule has 0 spiro atoms. The topological polar surface area (TPSA) is 47.5 Å². The highest BCUT2D eigenvalue weighted by Crippen LogP contribution is 2.40. The van der Waals surface area contributed by atoms with Crippen molar-refractivity contribution in [3.63, 3.8) is 0 Å². The molecule has 0 N–H and O–H groups in total. The number of anilines is 1. The van der Waals surface area contributed by atoms with E-state index in [0.717, 1.165) is 0 Å². The summed E-state index contributed by atoms with van der Waals surface area (Å²) < 4.78 is 47.4. The summed E-state index contributed by atoms with van der Waals surface area (Å²) in [5.74, 6) is 0.550. The summed E-state index contributed by atoms with van der Waals surface area (Å²) in [6.45, 7) is 0.132. The lowest BCUT2D eigenvalue weighted by atomic mass is 10.0. The molecule has 0 fully saturated rings. The summed E-state index contributed by atoms with van der Waals surface area (Å²) in [4.78, 5) is 9.57. The maximum absolute atomic E-state index is 12.6. The smallest absolute Gasteiger partial charge is 0.486 e. The van der Waals surface area contributed by atoms with E-state index in [1.807, 2.05) is 0 Å². The summed E-state index contributed by atoms with van der Waals surface area (Å²) in [6, 6.07) is 5.42. The van der Waals surface area contributed by atoms with Crippen LogP contribution in [0.4, 0.5) is 19.0 Å². The van der Waals surface area contributed by atoms with E-state index in [9.17, 15) is 13.2 Å². The molecule has 5 nitrogen and oxygen atoms in total. The van der Waals surface area contributed by atoms with Crippen LogP contribution >= 0.6 is 11.6 Å². The Labute approximate surface area is 134 Å². The number of benzene rings is 1. The second kappa shape index (κ2) is 5.77. The van der Waals surface area contributed by atoms with Gasteiger partial charge in [-0.05, 0) is 17.7 Å². The Bertz CT molecular complexity index is 727. The molecule has 9 heteroatoms. The Morgan fingerprint density at radius 2 is 2.09 bits per heavy atom. The summed E-state index contributed by atoms with van der Waals surface area (Å²) in [7, 11) is 1.69. The second-order valence-electron chi connectivity index (χ2n) is 4.85. The summed E-state index contributed by atoms with van der Waals surface area (Å²) in [5.41, 5.74) is 0.340. The largest absolute Gasteiger partial charge is 0.573 e. The number of likely N-dealkylation sites (N-methyl/N-ethyl adjacent to an activating group) is 1. The molecule has 122 valence electrons. The molecule has 0 radical (unpaired) electrons. The Morgan fingerprint density at radius 1 is 1.35 bits per heavy atom. The number of alkyl halides is 3. The van der Waals surface area contributed by atoms with Crippen molar-refractivity contribution >= 4 is 17.4 Å². The quantitative estimate of drug-likeness (QED) is 0.778. The van der Waals surface area contributed by atoms with E-state index in [-0.39, 0.29) is 17.6 Å². The minimum atomic E-state index is -4.77. The van der Waals surface area contributed by atoms with Crippen LogP contribution in [-0.4, -0.2) is 30.0 Å². The van der Waals surface area contributed by atoms with Crippen LogP contribution in [0.2, 0.25) is 5.28 Å². The van der Waals surface area contributed by atoms with Gasteiger partial charge in [-0.15, -0.1) is 13.2 Å². The third kappa shape index (κ3) is 3.26. The van der Waals surface area contributed by atoms with Crippen LogP contribution < -0.4 is 14.4 Å². The van der Waals surface area contributed by atoms with Crippen molar-refractivity contribution in [2.75, 3.05) is 18.6 Å². The highest BCUT2D eigenvalue weighted by molar-refractivity contribution is 6.28. The Morgan fingerprint density at radius 3 is 2.83 bits per heavy atom. The number of halogens is 4. The van der Waals surface area contributed by atoms with Crippen LogP contribution in [0.25, 0.3) is 0 Å². The van der Waals surface area contributed by atoms with Gasteiger partial charge in [0.15, 0.2) is 11.6 Å². The van der Waals surface area contributed by atoms with E-state index < -0.39 is 12.4 Å². The third-order valence-electron chi connectivity index (χ3n) is 3.41. The van der Waals surface area contributed by atoms with E-state index in [0.29, 0.717) is 17.1 Å². The highest BCUT2D eigenvalue weighted by atomic mass is 35.5. The predicted octanol–water partition coefficient (Wildman–Crippen LogP) is 3.60. The van der Waals surface area contributed by atoms with Gasteiger partial charge in [0.25, 0.3) is 0 Å². The van der Waals surface area contributed by atoms with Gasteiger partial charge < -0.3 is 14.4 Å². The van der Waals surface area contributed by atoms with Gasteiger partial charge in [0.05, 0.1) is 12.2 Å². The number of rotatable bonds is 2. The van der Waals surface area contributed by atoms with Crippen molar-refractivity contribution in [1.82, 2.24) is 9.97 Å². The Hall–Kier alpha value is -2.22. The first-order valence-corrected chi connectivity index (χ1v) is 6.96. The number of nitrogens with zero attached hydrogens (tertiary/aromatic N) is 3. The van der Waals surface area contributed by atoms with Crippen molar-refractivity contribution in [1.29, 1.82) is 0 Å². The predicted molar refractivity (Wildman–Crippen MR) is 76.8 cm³/mol. The molecule has 0 amide bonds. The molecular formula is C14H11ClF3N3O2. The number of fused-ring (bicyclic) bond motifs is 1. The fraction of sp³-hybridized carbons (Fsp3) is 0.286. The molecule has 1 aromatic carbocycles. The van der Waals surface area contributed by atoms with E-state index in [2.05, 4.69) is 14.7 Å². The molecular weight excluding hydrogens is 335 g/mol. The van der Waals surface area contributed by atoms with E-state index in [1.165, 1.54) is 18.3 Å². The summed E-state index contributed by atoms with van der Waals surface area (Å²) in [5, 5.41) is 0.0275. The number of hydrogen-bond donors (Lipinski definition) is 0. The van der Waals surface area contributed by atoms with Crippen LogP contribution in [0.5, 0.6) is 11.5 Å². The molecule has 3 rings (SSSR count).